The second kappa shape index (κ2) is 5.74. The summed E-state index contributed by atoms with van der Waals surface area (Å²) in [5.74, 6) is 1.33. The van der Waals surface area contributed by atoms with E-state index < -0.39 is 0 Å². The molecule has 10 atom stereocenters. The Morgan fingerprint density at radius 1 is 1.07 bits per heavy atom. The van der Waals surface area contributed by atoms with Gasteiger partial charge in [0, 0.05) is 17.4 Å². The number of hydrogen-bond donors (Lipinski definition) is 2. The second-order valence-corrected chi connectivity index (χ2v) is 11.1. The Labute approximate surface area is 171 Å². The number of aliphatic hydroxyl groups excluding tert-OH is 2. The van der Waals surface area contributed by atoms with E-state index >= 15 is 0 Å². The minimum atomic E-state index is -0.361. The molecule has 5 aliphatic rings. The molecule has 158 valence electrons. The first-order valence-electron chi connectivity index (χ1n) is 11.4. The molecular weight excluding hydrogens is 368 g/mol. The van der Waals surface area contributed by atoms with Gasteiger partial charge in [0.05, 0.1) is 24.6 Å². The van der Waals surface area contributed by atoms with Crippen molar-refractivity contribution in [2.24, 2.45) is 28.6 Å². The predicted molar refractivity (Wildman–Crippen MR) is 106 cm³/mol. The van der Waals surface area contributed by atoms with Gasteiger partial charge in [-0.3, -0.25) is 0 Å². The van der Waals surface area contributed by atoms with E-state index in [1.165, 1.54) is 6.07 Å². The predicted octanol–water partition coefficient (Wildman–Crippen LogP) is 3.23. The molecule has 5 heteroatoms. The van der Waals surface area contributed by atoms with Crippen LogP contribution < -0.4 is 5.63 Å². The van der Waals surface area contributed by atoms with E-state index in [-0.39, 0.29) is 46.3 Å². The number of rotatable bonds is 1. The van der Waals surface area contributed by atoms with Crippen molar-refractivity contribution in [3.8, 4) is 0 Å². The topological polar surface area (TPSA) is 83.2 Å². The highest BCUT2D eigenvalue weighted by Gasteiger charge is 2.81. The highest BCUT2D eigenvalue weighted by molar-refractivity contribution is 5.35. The Morgan fingerprint density at radius 2 is 1.90 bits per heavy atom. The van der Waals surface area contributed by atoms with E-state index in [1.807, 2.05) is 6.07 Å². The van der Waals surface area contributed by atoms with Gasteiger partial charge >= 0.3 is 5.63 Å². The zero-order chi connectivity index (χ0) is 20.2. The lowest BCUT2D eigenvalue weighted by atomic mass is 9.43. The minimum absolute atomic E-state index is 0.0445. The lowest BCUT2D eigenvalue weighted by molar-refractivity contribution is -0.182. The molecule has 1 saturated heterocycles. The van der Waals surface area contributed by atoms with Crippen molar-refractivity contribution in [3.63, 3.8) is 0 Å². The van der Waals surface area contributed by atoms with Crippen molar-refractivity contribution in [2.75, 3.05) is 0 Å². The van der Waals surface area contributed by atoms with E-state index in [1.54, 1.807) is 6.26 Å². The Bertz CT molecular complexity index is 875. The molecule has 0 amide bonds. The zero-order valence-corrected chi connectivity index (χ0v) is 17.3. The van der Waals surface area contributed by atoms with Gasteiger partial charge in [-0.2, -0.15) is 0 Å². The van der Waals surface area contributed by atoms with Gasteiger partial charge in [0.25, 0.3) is 0 Å². The van der Waals surface area contributed by atoms with Crippen molar-refractivity contribution >= 4 is 0 Å². The summed E-state index contributed by atoms with van der Waals surface area (Å²) in [6.07, 6.45) is 7.94. The summed E-state index contributed by atoms with van der Waals surface area (Å²) in [4.78, 5) is 11.5. The minimum Gasteiger partial charge on any atom is -0.431 e. The molecule has 0 unspecified atom stereocenters. The number of fused-ring (bicyclic) bond motifs is 3. The smallest absolute Gasteiger partial charge is 0.335 e. The lowest BCUT2D eigenvalue weighted by Crippen LogP contribution is -2.62. The maximum Gasteiger partial charge on any atom is 0.335 e. The fourth-order valence-corrected chi connectivity index (χ4v) is 8.70. The molecule has 29 heavy (non-hydrogen) atoms. The molecule has 0 bridgehead atoms. The van der Waals surface area contributed by atoms with Crippen LogP contribution in [0.5, 0.6) is 0 Å². The summed E-state index contributed by atoms with van der Waals surface area (Å²) in [7, 11) is 0. The first-order valence-corrected chi connectivity index (χ1v) is 11.4. The highest BCUT2D eigenvalue weighted by atomic mass is 16.6. The van der Waals surface area contributed by atoms with E-state index in [0.29, 0.717) is 17.8 Å². The van der Waals surface area contributed by atoms with Crippen LogP contribution in [0.4, 0.5) is 0 Å². The van der Waals surface area contributed by atoms with Crippen molar-refractivity contribution in [3.05, 3.63) is 34.4 Å². The van der Waals surface area contributed by atoms with Gasteiger partial charge in [-0.25, -0.2) is 4.79 Å². The number of epoxide rings is 1. The summed E-state index contributed by atoms with van der Waals surface area (Å²) in [6, 6.07) is 3.44. The molecule has 1 aromatic heterocycles. The summed E-state index contributed by atoms with van der Waals surface area (Å²) in [6.45, 7) is 4.76. The average Bonchev–Trinajstić information content (AvgIpc) is 3.34. The van der Waals surface area contributed by atoms with Crippen molar-refractivity contribution in [1.82, 2.24) is 0 Å². The SMILES string of the molecule is C[C@]12CC[C@H](O)C[C@H]1C[C@@H](O)[C@@H]1[C@@H]2CC[C@]2(C)[C@@H](c3ccc(=O)oc3)C[C@H]3O[C@]132. The van der Waals surface area contributed by atoms with Crippen molar-refractivity contribution in [2.45, 2.75) is 88.6 Å². The number of ether oxygens (including phenoxy) is 1. The van der Waals surface area contributed by atoms with Gasteiger partial charge < -0.3 is 19.4 Å². The molecule has 0 aromatic carbocycles. The van der Waals surface area contributed by atoms with Gasteiger partial charge in [-0.1, -0.05) is 13.8 Å². The first-order chi connectivity index (χ1) is 13.8. The fraction of sp³-hybridized carbons (Fsp3) is 0.792. The summed E-state index contributed by atoms with van der Waals surface area (Å²) in [5, 5.41) is 21.6. The molecule has 1 spiro atoms. The standard InChI is InChI=1S/C24H32O5/c1-22-7-5-15(25)9-14(22)10-18(26)21-16(22)6-8-23(2)17(11-19-24(21,23)29-19)13-3-4-20(27)28-12-13/h3-4,12,14-19,21,25-26H,5-11H2,1-2H3/t14-,15-,16-,17+,18+,19+,21-,22-,23+,24-/m0/s1. The van der Waals surface area contributed by atoms with E-state index in [2.05, 4.69) is 13.8 Å². The van der Waals surface area contributed by atoms with Crippen LogP contribution in [0.2, 0.25) is 0 Å². The second-order valence-electron chi connectivity index (χ2n) is 11.1. The molecular formula is C24H32O5. The first kappa shape index (κ1) is 18.6. The molecule has 0 radical (unpaired) electrons. The third-order valence-corrected chi connectivity index (χ3v) is 10.2. The van der Waals surface area contributed by atoms with Gasteiger partial charge in [0.15, 0.2) is 0 Å². The molecule has 1 aliphatic heterocycles. The monoisotopic (exact) mass is 400 g/mol. The van der Waals surface area contributed by atoms with Crippen LogP contribution in [0, 0.1) is 28.6 Å². The summed E-state index contributed by atoms with van der Waals surface area (Å²) >= 11 is 0. The van der Waals surface area contributed by atoms with E-state index in [0.717, 1.165) is 50.5 Å². The molecule has 2 heterocycles. The van der Waals surface area contributed by atoms with Crippen molar-refractivity contribution in [1.29, 1.82) is 0 Å². The molecule has 2 N–H and O–H groups in total. The van der Waals surface area contributed by atoms with Crippen LogP contribution in [-0.4, -0.2) is 34.1 Å². The summed E-state index contributed by atoms with van der Waals surface area (Å²) < 4.78 is 11.7. The van der Waals surface area contributed by atoms with Crippen LogP contribution in [0.25, 0.3) is 0 Å². The molecule has 4 aliphatic carbocycles. The Morgan fingerprint density at radius 3 is 2.66 bits per heavy atom. The highest BCUT2D eigenvalue weighted by Crippen LogP contribution is 2.77. The van der Waals surface area contributed by atoms with Crippen molar-refractivity contribution < 1.29 is 19.4 Å². The Hall–Kier alpha value is -1.17. The average molecular weight is 401 g/mol. The van der Waals surface area contributed by atoms with E-state index in [9.17, 15) is 15.0 Å². The molecule has 6 rings (SSSR count). The molecule has 5 nitrogen and oxygen atoms in total. The maximum atomic E-state index is 11.5. The van der Waals surface area contributed by atoms with Crippen LogP contribution in [-0.2, 0) is 4.74 Å². The normalized spacial score (nSPS) is 55.4. The van der Waals surface area contributed by atoms with Crippen LogP contribution in [0.1, 0.15) is 70.3 Å². The molecule has 4 saturated carbocycles. The Kier molecular flexibility index (Phi) is 3.68. The summed E-state index contributed by atoms with van der Waals surface area (Å²) in [5.41, 5.74) is 0.679. The van der Waals surface area contributed by atoms with Gasteiger partial charge in [-0.15, -0.1) is 0 Å². The van der Waals surface area contributed by atoms with Crippen LogP contribution >= 0.6 is 0 Å². The number of aliphatic hydroxyl groups is 2. The largest absolute Gasteiger partial charge is 0.431 e. The van der Waals surface area contributed by atoms with Crippen LogP contribution in [0.3, 0.4) is 0 Å². The van der Waals surface area contributed by atoms with Gasteiger partial charge in [0.1, 0.15) is 5.60 Å². The quantitative estimate of drug-likeness (QED) is 0.707. The van der Waals surface area contributed by atoms with E-state index in [4.69, 9.17) is 9.15 Å². The van der Waals surface area contributed by atoms with Gasteiger partial charge in [-0.05, 0) is 79.7 Å². The molecule has 1 aromatic rings. The molecule has 5 fully saturated rings. The van der Waals surface area contributed by atoms with Crippen LogP contribution in [0.15, 0.2) is 27.6 Å². The fourth-order valence-electron chi connectivity index (χ4n) is 8.70. The number of hydrogen-bond acceptors (Lipinski definition) is 5. The maximum absolute atomic E-state index is 11.5. The third kappa shape index (κ3) is 2.19. The third-order valence-electron chi connectivity index (χ3n) is 10.2. The lowest BCUT2D eigenvalue weighted by Gasteiger charge is -2.62. The zero-order valence-electron chi connectivity index (χ0n) is 17.3. The Balaban J connectivity index is 1.39. The van der Waals surface area contributed by atoms with Gasteiger partial charge in [0.2, 0.25) is 0 Å².